The van der Waals surface area contributed by atoms with Crippen molar-refractivity contribution in [3.8, 4) is 5.75 Å². The molecular weight excluding hydrogens is 242 g/mol. The number of hydrogen-bond donors (Lipinski definition) is 1. The summed E-state index contributed by atoms with van der Waals surface area (Å²) in [6.45, 7) is 0. The van der Waals surface area contributed by atoms with Crippen LogP contribution in [0.15, 0.2) is 48.5 Å². The third-order valence-corrected chi connectivity index (χ3v) is 2.76. The second-order valence-electron chi connectivity index (χ2n) is 4.00. The molecule has 4 heteroatoms. The van der Waals surface area contributed by atoms with Crippen molar-refractivity contribution in [2.75, 3.05) is 7.11 Å². The molecule has 0 aliphatic carbocycles. The molecule has 2 aromatic rings. The van der Waals surface area contributed by atoms with E-state index < -0.39 is 5.91 Å². The molecule has 0 aliphatic heterocycles. The van der Waals surface area contributed by atoms with Gasteiger partial charge in [0.25, 0.3) is 0 Å². The number of nitrogens with two attached hydrogens (primary N) is 1. The van der Waals surface area contributed by atoms with E-state index in [-0.39, 0.29) is 5.78 Å². The Morgan fingerprint density at radius 2 is 1.58 bits per heavy atom. The molecule has 96 valence electrons. The number of rotatable bonds is 4. The van der Waals surface area contributed by atoms with Gasteiger partial charge >= 0.3 is 0 Å². The molecule has 0 atom stereocenters. The van der Waals surface area contributed by atoms with E-state index in [0.29, 0.717) is 22.4 Å². The number of hydrogen-bond acceptors (Lipinski definition) is 3. The molecule has 0 bridgehead atoms. The van der Waals surface area contributed by atoms with E-state index in [4.69, 9.17) is 10.5 Å². The van der Waals surface area contributed by atoms with Crippen molar-refractivity contribution in [3.05, 3.63) is 65.2 Å². The standard InChI is InChI=1S/C15H13NO3/c1-19-13-4-2-3-12(9-13)14(17)10-5-7-11(8-6-10)15(16)18/h2-9H,1H3,(H2,16,18). The number of benzene rings is 2. The Morgan fingerprint density at radius 3 is 2.16 bits per heavy atom. The first-order valence-corrected chi connectivity index (χ1v) is 5.70. The molecule has 1 amide bonds. The van der Waals surface area contributed by atoms with Crippen LogP contribution in [-0.4, -0.2) is 18.8 Å². The zero-order valence-electron chi connectivity index (χ0n) is 10.4. The van der Waals surface area contributed by atoms with Gasteiger partial charge in [-0.3, -0.25) is 9.59 Å². The summed E-state index contributed by atoms with van der Waals surface area (Å²) in [5, 5.41) is 0. The van der Waals surface area contributed by atoms with Crippen LogP contribution in [0.4, 0.5) is 0 Å². The topological polar surface area (TPSA) is 69.4 Å². The number of primary amides is 1. The zero-order chi connectivity index (χ0) is 13.8. The minimum atomic E-state index is -0.514. The largest absolute Gasteiger partial charge is 0.497 e. The fourth-order valence-electron chi connectivity index (χ4n) is 1.72. The van der Waals surface area contributed by atoms with Crippen molar-refractivity contribution >= 4 is 11.7 Å². The third kappa shape index (κ3) is 2.80. The van der Waals surface area contributed by atoms with Gasteiger partial charge in [-0.15, -0.1) is 0 Å². The van der Waals surface area contributed by atoms with Crippen molar-refractivity contribution in [1.29, 1.82) is 0 Å². The molecule has 0 saturated heterocycles. The van der Waals surface area contributed by atoms with Gasteiger partial charge in [0, 0.05) is 16.7 Å². The summed E-state index contributed by atoms with van der Waals surface area (Å²) in [6, 6.07) is 13.2. The van der Waals surface area contributed by atoms with Crippen molar-refractivity contribution < 1.29 is 14.3 Å². The fourth-order valence-corrected chi connectivity index (χ4v) is 1.72. The highest BCUT2D eigenvalue weighted by molar-refractivity contribution is 6.09. The SMILES string of the molecule is COc1cccc(C(=O)c2ccc(C(N)=O)cc2)c1. The lowest BCUT2D eigenvalue weighted by Gasteiger charge is -2.04. The summed E-state index contributed by atoms with van der Waals surface area (Å²) in [6.07, 6.45) is 0. The van der Waals surface area contributed by atoms with Gasteiger partial charge < -0.3 is 10.5 Å². The van der Waals surface area contributed by atoms with Crippen LogP contribution in [0.5, 0.6) is 5.75 Å². The Labute approximate surface area is 110 Å². The van der Waals surface area contributed by atoms with E-state index in [9.17, 15) is 9.59 Å². The summed E-state index contributed by atoms with van der Waals surface area (Å²) in [5.74, 6) is -0.0186. The molecule has 0 aromatic heterocycles. The second kappa shape index (κ2) is 5.35. The molecule has 2 aromatic carbocycles. The Morgan fingerprint density at radius 1 is 0.947 bits per heavy atom. The van der Waals surface area contributed by atoms with Crippen LogP contribution >= 0.6 is 0 Å². The van der Waals surface area contributed by atoms with Crippen molar-refractivity contribution in [2.24, 2.45) is 5.73 Å². The molecule has 0 radical (unpaired) electrons. The fraction of sp³-hybridized carbons (Fsp3) is 0.0667. The zero-order valence-corrected chi connectivity index (χ0v) is 10.4. The van der Waals surface area contributed by atoms with Gasteiger partial charge in [0.15, 0.2) is 5.78 Å². The van der Waals surface area contributed by atoms with Crippen LogP contribution < -0.4 is 10.5 Å². The summed E-state index contributed by atoms with van der Waals surface area (Å²) < 4.78 is 5.08. The average molecular weight is 255 g/mol. The molecule has 0 saturated carbocycles. The summed E-state index contributed by atoms with van der Waals surface area (Å²) >= 11 is 0. The maximum absolute atomic E-state index is 12.2. The lowest BCUT2D eigenvalue weighted by atomic mass is 10.0. The number of carbonyl (C=O) groups is 2. The lowest BCUT2D eigenvalue weighted by Crippen LogP contribution is -2.11. The normalized spacial score (nSPS) is 9.95. The number of ketones is 1. The summed E-state index contributed by atoms with van der Waals surface area (Å²) in [4.78, 5) is 23.2. The van der Waals surface area contributed by atoms with Gasteiger partial charge in [-0.2, -0.15) is 0 Å². The smallest absolute Gasteiger partial charge is 0.248 e. The molecule has 19 heavy (non-hydrogen) atoms. The van der Waals surface area contributed by atoms with E-state index >= 15 is 0 Å². The van der Waals surface area contributed by atoms with Crippen molar-refractivity contribution in [1.82, 2.24) is 0 Å². The molecule has 2 rings (SSSR count). The van der Waals surface area contributed by atoms with Crippen molar-refractivity contribution in [3.63, 3.8) is 0 Å². The first-order chi connectivity index (χ1) is 9.11. The highest BCUT2D eigenvalue weighted by Crippen LogP contribution is 2.16. The van der Waals surface area contributed by atoms with E-state index in [1.54, 1.807) is 43.5 Å². The van der Waals surface area contributed by atoms with Crippen LogP contribution in [0, 0.1) is 0 Å². The lowest BCUT2D eigenvalue weighted by molar-refractivity contribution is 0.0997. The second-order valence-corrected chi connectivity index (χ2v) is 4.00. The van der Waals surface area contributed by atoms with Gasteiger partial charge in [0.2, 0.25) is 5.91 Å². The quantitative estimate of drug-likeness (QED) is 0.850. The van der Waals surface area contributed by atoms with Crippen molar-refractivity contribution in [2.45, 2.75) is 0 Å². The maximum Gasteiger partial charge on any atom is 0.248 e. The van der Waals surface area contributed by atoms with Crippen LogP contribution in [0.1, 0.15) is 26.3 Å². The maximum atomic E-state index is 12.2. The highest BCUT2D eigenvalue weighted by atomic mass is 16.5. The molecule has 2 N–H and O–H groups in total. The monoisotopic (exact) mass is 255 g/mol. The first-order valence-electron chi connectivity index (χ1n) is 5.70. The Balaban J connectivity index is 2.30. The number of carbonyl (C=O) groups excluding carboxylic acids is 2. The molecular formula is C15H13NO3. The predicted octanol–water partition coefficient (Wildman–Crippen LogP) is 2.03. The molecule has 0 fully saturated rings. The molecule has 4 nitrogen and oxygen atoms in total. The third-order valence-electron chi connectivity index (χ3n) is 2.76. The minimum absolute atomic E-state index is 0.130. The molecule has 0 aliphatic rings. The van der Waals surface area contributed by atoms with Gasteiger partial charge in [-0.25, -0.2) is 0 Å². The van der Waals surface area contributed by atoms with Crippen LogP contribution in [0.2, 0.25) is 0 Å². The Bertz CT molecular complexity index is 618. The molecule has 0 spiro atoms. The highest BCUT2D eigenvalue weighted by Gasteiger charge is 2.10. The van der Waals surface area contributed by atoms with Gasteiger partial charge in [0.05, 0.1) is 7.11 Å². The predicted molar refractivity (Wildman–Crippen MR) is 71.4 cm³/mol. The van der Waals surface area contributed by atoms with E-state index in [1.807, 2.05) is 0 Å². The Kier molecular flexibility index (Phi) is 3.61. The van der Waals surface area contributed by atoms with E-state index in [2.05, 4.69) is 0 Å². The number of methoxy groups -OCH3 is 1. The average Bonchev–Trinajstić information content (AvgIpc) is 2.46. The summed E-state index contributed by atoms with van der Waals surface area (Å²) in [5.41, 5.74) is 6.56. The van der Waals surface area contributed by atoms with E-state index in [0.717, 1.165) is 0 Å². The summed E-state index contributed by atoms with van der Waals surface area (Å²) in [7, 11) is 1.55. The minimum Gasteiger partial charge on any atom is -0.497 e. The van der Waals surface area contributed by atoms with Gasteiger partial charge in [-0.1, -0.05) is 24.3 Å². The molecule has 0 unspecified atom stereocenters. The number of ether oxygens (including phenoxy) is 1. The van der Waals surface area contributed by atoms with Crippen LogP contribution in [0.25, 0.3) is 0 Å². The van der Waals surface area contributed by atoms with Crippen LogP contribution in [-0.2, 0) is 0 Å². The first kappa shape index (κ1) is 12.8. The van der Waals surface area contributed by atoms with E-state index in [1.165, 1.54) is 12.1 Å². The molecule has 0 heterocycles. The number of amides is 1. The van der Waals surface area contributed by atoms with Crippen LogP contribution in [0.3, 0.4) is 0 Å². The van der Waals surface area contributed by atoms with Gasteiger partial charge in [-0.05, 0) is 24.3 Å². The Hall–Kier alpha value is -2.62. The van der Waals surface area contributed by atoms with Gasteiger partial charge in [0.1, 0.15) is 5.75 Å².